The fraction of sp³-hybridized carbons (Fsp3) is 0.333. The third kappa shape index (κ3) is 4.76. The molecule has 0 spiro atoms. The minimum absolute atomic E-state index is 0.0779. The molecule has 0 saturated carbocycles. The molecule has 1 aliphatic rings. The van der Waals surface area contributed by atoms with E-state index in [2.05, 4.69) is 16.1 Å². The van der Waals surface area contributed by atoms with Gasteiger partial charge in [0, 0.05) is 44.0 Å². The van der Waals surface area contributed by atoms with Crippen LogP contribution in [0, 0.1) is 19.7 Å². The molecule has 1 saturated heterocycles. The number of nitrogens with zero attached hydrogens (tertiary/aromatic N) is 4. The minimum atomic E-state index is -0.213. The fourth-order valence-electron chi connectivity index (χ4n) is 3.90. The fourth-order valence-corrected chi connectivity index (χ4v) is 3.90. The van der Waals surface area contributed by atoms with Crippen molar-refractivity contribution >= 4 is 5.91 Å². The molecule has 6 heteroatoms. The molecule has 1 fully saturated rings. The van der Waals surface area contributed by atoms with Crippen molar-refractivity contribution in [3.05, 3.63) is 88.5 Å². The first-order valence-electron chi connectivity index (χ1n) is 10.3. The first-order valence-corrected chi connectivity index (χ1v) is 10.3. The van der Waals surface area contributed by atoms with Gasteiger partial charge < -0.3 is 4.90 Å². The molecule has 1 aromatic heterocycles. The molecule has 0 bridgehead atoms. The van der Waals surface area contributed by atoms with Gasteiger partial charge in [0.25, 0.3) is 5.91 Å². The molecule has 0 aliphatic carbocycles. The Balaban J connectivity index is 1.31. The predicted octanol–water partition coefficient (Wildman–Crippen LogP) is 3.65. The van der Waals surface area contributed by atoms with E-state index in [9.17, 15) is 9.18 Å². The molecular formula is C24H27FN4O. The van der Waals surface area contributed by atoms with Gasteiger partial charge in [-0.1, -0.05) is 24.3 Å². The number of hydrogen-bond acceptors (Lipinski definition) is 3. The van der Waals surface area contributed by atoms with Crippen LogP contribution in [0.4, 0.5) is 4.39 Å². The van der Waals surface area contributed by atoms with Gasteiger partial charge in [-0.25, -0.2) is 4.39 Å². The van der Waals surface area contributed by atoms with Crippen LogP contribution in [-0.2, 0) is 13.1 Å². The van der Waals surface area contributed by atoms with Crippen LogP contribution in [0.25, 0.3) is 0 Å². The van der Waals surface area contributed by atoms with E-state index >= 15 is 0 Å². The van der Waals surface area contributed by atoms with Crippen LogP contribution in [0.15, 0.2) is 54.6 Å². The van der Waals surface area contributed by atoms with Crippen LogP contribution in [0.2, 0.25) is 0 Å². The van der Waals surface area contributed by atoms with Crippen molar-refractivity contribution in [1.29, 1.82) is 0 Å². The van der Waals surface area contributed by atoms with Crippen molar-refractivity contribution < 1.29 is 9.18 Å². The highest BCUT2D eigenvalue weighted by Gasteiger charge is 2.22. The number of aromatic nitrogens is 2. The van der Waals surface area contributed by atoms with Gasteiger partial charge in [0.2, 0.25) is 0 Å². The molecule has 5 nitrogen and oxygen atoms in total. The van der Waals surface area contributed by atoms with Crippen molar-refractivity contribution in [1.82, 2.24) is 19.6 Å². The Morgan fingerprint density at radius 3 is 2.10 bits per heavy atom. The lowest BCUT2D eigenvalue weighted by Gasteiger charge is -2.34. The number of aryl methyl sites for hydroxylation is 2. The molecular weight excluding hydrogens is 379 g/mol. The van der Waals surface area contributed by atoms with Crippen molar-refractivity contribution in [3.8, 4) is 0 Å². The molecule has 156 valence electrons. The Hall–Kier alpha value is -2.99. The van der Waals surface area contributed by atoms with Crippen LogP contribution in [0.3, 0.4) is 0 Å². The highest BCUT2D eigenvalue weighted by atomic mass is 19.1. The van der Waals surface area contributed by atoms with Gasteiger partial charge >= 0.3 is 0 Å². The zero-order valence-corrected chi connectivity index (χ0v) is 17.5. The summed E-state index contributed by atoms with van der Waals surface area (Å²) in [5.41, 5.74) is 5.08. The SMILES string of the molecule is Cc1cc(C)n(Cc2ccc(C(=O)N3CCN(Cc4ccc(F)cc4)CC3)cc2)n1. The van der Waals surface area contributed by atoms with Gasteiger partial charge in [0.1, 0.15) is 5.82 Å². The molecule has 2 heterocycles. The standard InChI is InChI=1S/C24H27FN4O/c1-18-15-19(2)29(26-18)17-21-3-7-22(8-4-21)24(30)28-13-11-27(12-14-28)16-20-5-9-23(25)10-6-20/h3-10,15H,11-14,16-17H2,1-2H3. The minimum Gasteiger partial charge on any atom is -0.336 e. The Bertz CT molecular complexity index is 1000. The van der Waals surface area contributed by atoms with E-state index in [0.717, 1.165) is 47.7 Å². The summed E-state index contributed by atoms with van der Waals surface area (Å²) in [5.74, 6) is -0.135. The van der Waals surface area contributed by atoms with Gasteiger partial charge in [-0.2, -0.15) is 5.10 Å². The Labute approximate surface area is 176 Å². The van der Waals surface area contributed by atoms with Gasteiger partial charge in [-0.05, 0) is 55.3 Å². The van der Waals surface area contributed by atoms with E-state index < -0.39 is 0 Å². The first kappa shape index (κ1) is 20.3. The number of rotatable bonds is 5. The van der Waals surface area contributed by atoms with Crippen molar-refractivity contribution in [3.63, 3.8) is 0 Å². The second kappa shape index (κ2) is 8.79. The predicted molar refractivity (Wildman–Crippen MR) is 115 cm³/mol. The largest absolute Gasteiger partial charge is 0.336 e. The van der Waals surface area contributed by atoms with E-state index in [1.165, 1.54) is 12.1 Å². The second-order valence-electron chi connectivity index (χ2n) is 7.98. The molecule has 0 radical (unpaired) electrons. The third-order valence-corrected chi connectivity index (χ3v) is 5.62. The molecule has 30 heavy (non-hydrogen) atoms. The molecule has 0 N–H and O–H groups in total. The highest BCUT2D eigenvalue weighted by Crippen LogP contribution is 2.14. The summed E-state index contributed by atoms with van der Waals surface area (Å²) in [6, 6.07) is 16.5. The van der Waals surface area contributed by atoms with Gasteiger partial charge in [0.05, 0.1) is 12.2 Å². The van der Waals surface area contributed by atoms with Crippen LogP contribution in [-0.4, -0.2) is 51.7 Å². The molecule has 2 aromatic carbocycles. The number of piperazine rings is 1. The van der Waals surface area contributed by atoms with E-state index in [0.29, 0.717) is 19.6 Å². The lowest BCUT2D eigenvalue weighted by Crippen LogP contribution is -2.48. The number of carbonyl (C=O) groups excluding carboxylic acids is 1. The zero-order valence-electron chi connectivity index (χ0n) is 17.5. The number of halogens is 1. The average molecular weight is 407 g/mol. The molecule has 1 aliphatic heterocycles. The number of carbonyl (C=O) groups is 1. The Morgan fingerprint density at radius 1 is 0.900 bits per heavy atom. The van der Waals surface area contributed by atoms with Crippen LogP contribution in [0.1, 0.15) is 32.9 Å². The lowest BCUT2D eigenvalue weighted by molar-refractivity contribution is 0.0628. The second-order valence-corrected chi connectivity index (χ2v) is 7.98. The van der Waals surface area contributed by atoms with Crippen LogP contribution in [0.5, 0.6) is 0 Å². The van der Waals surface area contributed by atoms with Crippen LogP contribution >= 0.6 is 0 Å². The van der Waals surface area contributed by atoms with E-state index in [1.807, 2.05) is 59.8 Å². The van der Waals surface area contributed by atoms with E-state index in [-0.39, 0.29) is 11.7 Å². The summed E-state index contributed by atoms with van der Waals surface area (Å²) in [7, 11) is 0. The lowest BCUT2D eigenvalue weighted by atomic mass is 10.1. The summed E-state index contributed by atoms with van der Waals surface area (Å²) in [5, 5.41) is 4.50. The molecule has 3 aromatic rings. The van der Waals surface area contributed by atoms with E-state index in [4.69, 9.17) is 0 Å². The summed E-state index contributed by atoms with van der Waals surface area (Å²) in [4.78, 5) is 17.1. The highest BCUT2D eigenvalue weighted by molar-refractivity contribution is 5.94. The van der Waals surface area contributed by atoms with Gasteiger partial charge in [0.15, 0.2) is 0 Å². The Morgan fingerprint density at radius 2 is 1.50 bits per heavy atom. The van der Waals surface area contributed by atoms with Crippen LogP contribution < -0.4 is 0 Å². The molecule has 0 atom stereocenters. The molecule has 1 amide bonds. The summed E-state index contributed by atoms with van der Waals surface area (Å²) in [6.45, 7) is 8.57. The number of benzene rings is 2. The van der Waals surface area contributed by atoms with Crippen molar-refractivity contribution in [2.75, 3.05) is 26.2 Å². The first-order chi connectivity index (χ1) is 14.5. The van der Waals surface area contributed by atoms with Gasteiger partial charge in [-0.3, -0.25) is 14.4 Å². The van der Waals surface area contributed by atoms with E-state index in [1.54, 1.807) is 0 Å². The topological polar surface area (TPSA) is 41.4 Å². The Kier molecular flexibility index (Phi) is 5.95. The maximum absolute atomic E-state index is 13.1. The quantitative estimate of drug-likeness (QED) is 0.650. The maximum Gasteiger partial charge on any atom is 0.253 e. The molecule has 4 rings (SSSR count). The maximum atomic E-state index is 13.1. The third-order valence-electron chi connectivity index (χ3n) is 5.62. The monoisotopic (exact) mass is 406 g/mol. The average Bonchev–Trinajstić information content (AvgIpc) is 3.07. The van der Waals surface area contributed by atoms with Gasteiger partial charge in [-0.15, -0.1) is 0 Å². The smallest absolute Gasteiger partial charge is 0.253 e. The summed E-state index contributed by atoms with van der Waals surface area (Å²) < 4.78 is 15.0. The summed E-state index contributed by atoms with van der Waals surface area (Å²) in [6.07, 6.45) is 0. The summed E-state index contributed by atoms with van der Waals surface area (Å²) >= 11 is 0. The zero-order chi connectivity index (χ0) is 21.1. The van der Waals surface area contributed by atoms with Crippen molar-refractivity contribution in [2.24, 2.45) is 0 Å². The number of amides is 1. The normalized spacial score (nSPS) is 14.8. The van der Waals surface area contributed by atoms with Crippen molar-refractivity contribution in [2.45, 2.75) is 26.9 Å². The number of hydrogen-bond donors (Lipinski definition) is 0. The molecule has 0 unspecified atom stereocenters.